The number of aryl methyl sites for hydroxylation is 1. The molecular weight excluding hydrogens is 370 g/mol. The average Bonchev–Trinajstić information content (AvgIpc) is 2.70. The lowest BCUT2D eigenvalue weighted by atomic mass is 10.1. The lowest BCUT2D eigenvalue weighted by Gasteiger charge is -2.22. The SMILES string of the molecule is CCN(CC)c1ccc(NC(=O)CC(=O)Nc2ccc(C(=O)OC)cc2)c(C)c1. The van der Waals surface area contributed by atoms with E-state index in [9.17, 15) is 14.4 Å². The largest absolute Gasteiger partial charge is 0.465 e. The van der Waals surface area contributed by atoms with Gasteiger partial charge in [0.2, 0.25) is 11.8 Å². The van der Waals surface area contributed by atoms with E-state index in [1.54, 1.807) is 24.3 Å². The van der Waals surface area contributed by atoms with E-state index >= 15 is 0 Å². The molecule has 2 amide bonds. The number of hydrogen-bond acceptors (Lipinski definition) is 5. The number of hydrogen-bond donors (Lipinski definition) is 2. The lowest BCUT2D eigenvalue weighted by Crippen LogP contribution is -2.23. The monoisotopic (exact) mass is 397 g/mol. The summed E-state index contributed by atoms with van der Waals surface area (Å²) in [5.41, 5.74) is 3.59. The Bertz CT molecular complexity index is 874. The molecule has 154 valence electrons. The van der Waals surface area contributed by atoms with Gasteiger partial charge in [-0.25, -0.2) is 4.79 Å². The van der Waals surface area contributed by atoms with Crippen molar-refractivity contribution in [2.75, 3.05) is 35.7 Å². The van der Waals surface area contributed by atoms with Crippen LogP contribution in [0.1, 0.15) is 36.2 Å². The van der Waals surface area contributed by atoms with Crippen LogP contribution in [0.2, 0.25) is 0 Å². The van der Waals surface area contributed by atoms with Crippen LogP contribution in [-0.2, 0) is 14.3 Å². The Morgan fingerprint density at radius 2 is 1.55 bits per heavy atom. The van der Waals surface area contributed by atoms with Gasteiger partial charge in [-0.3, -0.25) is 9.59 Å². The second-order valence-corrected chi connectivity index (χ2v) is 6.51. The molecule has 7 heteroatoms. The molecule has 0 unspecified atom stereocenters. The summed E-state index contributed by atoms with van der Waals surface area (Å²) in [4.78, 5) is 38.0. The highest BCUT2D eigenvalue weighted by atomic mass is 16.5. The van der Waals surface area contributed by atoms with Crippen LogP contribution in [-0.4, -0.2) is 38.0 Å². The van der Waals surface area contributed by atoms with E-state index in [0.717, 1.165) is 24.3 Å². The van der Waals surface area contributed by atoms with E-state index in [1.807, 2.05) is 25.1 Å². The predicted molar refractivity (Wildman–Crippen MR) is 114 cm³/mol. The van der Waals surface area contributed by atoms with Gasteiger partial charge in [-0.2, -0.15) is 0 Å². The van der Waals surface area contributed by atoms with E-state index in [4.69, 9.17) is 0 Å². The summed E-state index contributed by atoms with van der Waals surface area (Å²) in [6.45, 7) is 7.92. The molecular formula is C22H27N3O4. The molecule has 0 fully saturated rings. The zero-order chi connectivity index (χ0) is 21.4. The summed E-state index contributed by atoms with van der Waals surface area (Å²) in [6.07, 6.45) is -0.310. The van der Waals surface area contributed by atoms with Crippen LogP contribution < -0.4 is 15.5 Å². The predicted octanol–water partition coefficient (Wildman–Crippen LogP) is 3.60. The van der Waals surface area contributed by atoms with Gasteiger partial charge in [0.15, 0.2) is 0 Å². The fourth-order valence-corrected chi connectivity index (χ4v) is 2.93. The highest BCUT2D eigenvalue weighted by molar-refractivity contribution is 6.08. The molecule has 2 N–H and O–H groups in total. The minimum Gasteiger partial charge on any atom is -0.465 e. The first-order chi connectivity index (χ1) is 13.9. The van der Waals surface area contributed by atoms with Gasteiger partial charge in [0, 0.05) is 30.2 Å². The van der Waals surface area contributed by atoms with Crippen molar-refractivity contribution in [1.29, 1.82) is 0 Å². The first-order valence-corrected chi connectivity index (χ1v) is 9.51. The Kier molecular flexibility index (Phi) is 7.77. The minimum atomic E-state index is -0.454. The topological polar surface area (TPSA) is 87.7 Å². The van der Waals surface area contributed by atoms with Crippen molar-refractivity contribution in [2.45, 2.75) is 27.2 Å². The van der Waals surface area contributed by atoms with Crippen LogP contribution in [0.25, 0.3) is 0 Å². The number of esters is 1. The molecule has 0 aliphatic heterocycles. The highest BCUT2D eigenvalue weighted by Crippen LogP contribution is 2.23. The second-order valence-electron chi connectivity index (χ2n) is 6.51. The number of nitrogens with one attached hydrogen (secondary N) is 2. The van der Waals surface area contributed by atoms with E-state index in [-0.39, 0.29) is 6.42 Å². The van der Waals surface area contributed by atoms with Crippen molar-refractivity contribution in [3.63, 3.8) is 0 Å². The van der Waals surface area contributed by atoms with Crippen molar-refractivity contribution < 1.29 is 19.1 Å². The van der Waals surface area contributed by atoms with Crippen LogP contribution in [0.15, 0.2) is 42.5 Å². The average molecular weight is 397 g/mol. The maximum absolute atomic E-state index is 12.2. The normalized spacial score (nSPS) is 10.2. The smallest absolute Gasteiger partial charge is 0.337 e. The fourth-order valence-electron chi connectivity index (χ4n) is 2.93. The molecule has 2 aromatic carbocycles. The molecule has 0 aliphatic carbocycles. The fraction of sp³-hybridized carbons (Fsp3) is 0.318. The molecule has 2 aromatic rings. The summed E-state index contributed by atoms with van der Waals surface area (Å²) in [6, 6.07) is 12.1. The lowest BCUT2D eigenvalue weighted by molar-refractivity contribution is -0.123. The maximum atomic E-state index is 12.2. The standard InChI is InChI=1S/C22H27N3O4/c1-5-25(6-2)18-11-12-19(15(3)13-18)24-21(27)14-20(26)23-17-9-7-16(8-10-17)22(28)29-4/h7-13H,5-6,14H2,1-4H3,(H,23,26)(H,24,27). The van der Waals surface area contributed by atoms with E-state index in [1.165, 1.54) is 7.11 Å². The number of nitrogens with zero attached hydrogens (tertiary/aromatic N) is 1. The quantitative estimate of drug-likeness (QED) is 0.525. The molecule has 2 rings (SSSR count). The van der Waals surface area contributed by atoms with Crippen molar-refractivity contribution >= 4 is 34.8 Å². The number of carbonyl (C=O) groups excluding carboxylic acids is 3. The van der Waals surface area contributed by atoms with Gasteiger partial charge in [0.1, 0.15) is 6.42 Å². The minimum absolute atomic E-state index is 0.310. The third-order valence-electron chi connectivity index (χ3n) is 4.52. The van der Waals surface area contributed by atoms with E-state index in [2.05, 4.69) is 34.1 Å². The molecule has 7 nitrogen and oxygen atoms in total. The summed E-state index contributed by atoms with van der Waals surface area (Å²) in [5, 5.41) is 5.42. The summed E-state index contributed by atoms with van der Waals surface area (Å²) in [7, 11) is 1.30. The maximum Gasteiger partial charge on any atom is 0.337 e. The van der Waals surface area contributed by atoms with Crippen molar-refractivity contribution in [2.24, 2.45) is 0 Å². The first-order valence-electron chi connectivity index (χ1n) is 9.51. The highest BCUT2D eigenvalue weighted by Gasteiger charge is 2.13. The van der Waals surface area contributed by atoms with Crippen molar-refractivity contribution in [3.8, 4) is 0 Å². The molecule has 0 atom stereocenters. The zero-order valence-corrected chi connectivity index (χ0v) is 17.2. The van der Waals surface area contributed by atoms with E-state index in [0.29, 0.717) is 16.9 Å². The van der Waals surface area contributed by atoms with Crippen LogP contribution in [0.4, 0.5) is 17.1 Å². The molecule has 0 aliphatic rings. The third-order valence-corrected chi connectivity index (χ3v) is 4.52. The number of ether oxygens (including phenoxy) is 1. The van der Waals surface area contributed by atoms with Crippen LogP contribution >= 0.6 is 0 Å². The Labute approximate surface area is 171 Å². The van der Waals surface area contributed by atoms with Crippen LogP contribution in [0.5, 0.6) is 0 Å². The number of methoxy groups -OCH3 is 1. The summed E-state index contributed by atoms with van der Waals surface area (Å²) in [5.74, 6) is -1.29. The first kappa shape index (κ1) is 21.9. The molecule has 0 radical (unpaired) electrons. The number of amides is 2. The van der Waals surface area contributed by atoms with Crippen molar-refractivity contribution in [1.82, 2.24) is 0 Å². The third kappa shape index (κ3) is 6.07. The van der Waals surface area contributed by atoms with Crippen LogP contribution in [0, 0.1) is 6.92 Å². The van der Waals surface area contributed by atoms with Gasteiger partial charge in [-0.05, 0) is 68.8 Å². The van der Waals surface area contributed by atoms with Gasteiger partial charge in [-0.1, -0.05) is 0 Å². The zero-order valence-electron chi connectivity index (χ0n) is 17.2. The molecule has 29 heavy (non-hydrogen) atoms. The molecule has 0 heterocycles. The van der Waals surface area contributed by atoms with Gasteiger partial charge in [0.05, 0.1) is 12.7 Å². The summed E-state index contributed by atoms with van der Waals surface area (Å²) < 4.78 is 4.63. The Balaban J connectivity index is 1.93. The molecule has 0 aromatic heterocycles. The van der Waals surface area contributed by atoms with E-state index < -0.39 is 17.8 Å². The Hall–Kier alpha value is -3.35. The number of carbonyl (C=O) groups is 3. The second kappa shape index (κ2) is 10.3. The van der Waals surface area contributed by atoms with Gasteiger partial charge < -0.3 is 20.3 Å². The van der Waals surface area contributed by atoms with Gasteiger partial charge in [-0.15, -0.1) is 0 Å². The van der Waals surface area contributed by atoms with Gasteiger partial charge >= 0.3 is 5.97 Å². The molecule has 0 saturated carbocycles. The van der Waals surface area contributed by atoms with Crippen LogP contribution in [0.3, 0.4) is 0 Å². The molecule has 0 bridgehead atoms. The van der Waals surface area contributed by atoms with Crippen molar-refractivity contribution in [3.05, 3.63) is 53.6 Å². The van der Waals surface area contributed by atoms with Gasteiger partial charge in [0.25, 0.3) is 0 Å². The molecule has 0 saturated heterocycles. The number of benzene rings is 2. The molecule has 0 spiro atoms. The summed E-state index contributed by atoms with van der Waals surface area (Å²) >= 11 is 0. The number of rotatable bonds is 8. The Morgan fingerprint density at radius 1 is 0.931 bits per heavy atom. The Morgan fingerprint density at radius 3 is 2.10 bits per heavy atom. The number of anilines is 3.